The van der Waals surface area contributed by atoms with E-state index in [1.54, 1.807) is 0 Å². The third-order valence-electron chi connectivity index (χ3n) is 4.39. The zero-order valence-corrected chi connectivity index (χ0v) is 14.9. The minimum atomic E-state index is -4.59. The molecule has 2 aromatic rings. The molecule has 1 aliphatic rings. The summed E-state index contributed by atoms with van der Waals surface area (Å²) < 4.78 is 44.0. The zero-order chi connectivity index (χ0) is 20.3. The van der Waals surface area contributed by atoms with Crippen molar-refractivity contribution in [2.75, 3.05) is 38.2 Å². The van der Waals surface area contributed by atoms with E-state index in [2.05, 4.69) is 14.7 Å². The fourth-order valence-electron chi connectivity index (χ4n) is 2.92. The quantitative estimate of drug-likeness (QED) is 0.744. The van der Waals surface area contributed by atoms with Gasteiger partial charge in [-0.3, -0.25) is 4.79 Å². The molecule has 1 fully saturated rings. The zero-order valence-electron chi connectivity index (χ0n) is 14.9. The Bertz CT molecular complexity index is 863. The van der Waals surface area contributed by atoms with Crippen molar-refractivity contribution in [1.29, 1.82) is 0 Å². The van der Waals surface area contributed by atoms with Crippen molar-refractivity contribution in [1.82, 2.24) is 14.9 Å². The highest BCUT2D eigenvalue weighted by molar-refractivity contribution is 5.96. The number of carbonyl (C=O) groups is 2. The van der Waals surface area contributed by atoms with Crippen molar-refractivity contribution in [3.8, 4) is 0 Å². The summed E-state index contributed by atoms with van der Waals surface area (Å²) in [7, 11) is 1.24. The topological polar surface area (TPSA) is 75.6 Å². The van der Waals surface area contributed by atoms with Crippen LogP contribution in [0.1, 0.15) is 26.4 Å². The van der Waals surface area contributed by atoms with Crippen LogP contribution in [0.2, 0.25) is 0 Å². The van der Waals surface area contributed by atoms with E-state index >= 15 is 0 Å². The number of ether oxygens (including phenoxy) is 1. The largest absolute Gasteiger partial charge is 0.464 e. The number of rotatable bonds is 3. The molecule has 1 aliphatic heterocycles. The van der Waals surface area contributed by atoms with E-state index in [1.165, 1.54) is 42.6 Å². The molecule has 1 saturated heterocycles. The number of halogens is 3. The van der Waals surface area contributed by atoms with E-state index in [4.69, 9.17) is 0 Å². The van der Waals surface area contributed by atoms with Gasteiger partial charge in [0.2, 0.25) is 0 Å². The standard InChI is InChI=1S/C18H17F3N4O3/c1-28-17(27)14-10-23-15(11-22-14)24-6-8-25(9-7-24)16(26)12-4-2-3-5-13(12)18(19,20)21/h2-5,10-11H,6-9H2,1H3. The number of methoxy groups -OCH3 is 1. The number of benzene rings is 1. The smallest absolute Gasteiger partial charge is 0.417 e. The summed E-state index contributed by atoms with van der Waals surface area (Å²) in [5, 5.41) is 0. The molecule has 0 N–H and O–H groups in total. The van der Waals surface area contributed by atoms with Crippen LogP contribution in [0.15, 0.2) is 36.7 Å². The van der Waals surface area contributed by atoms with Gasteiger partial charge in [-0.25, -0.2) is 14.8 Å². The molecule has 10 heteroatoms. The molecule has 0 aliphatic carbocycles. The molecule has 1 aromatic carbocycles. The molecule has 148 valence electrons. The van der Waals surface area contributed by atoms with Gasteiger partial charge in [-0.1, -0.05) is 12.1 Å². The Morgan fingerprint density at radius 1 is 1.04 bits per heavy atom. The number of hydrogen-bond donors (Lipinski definition) is 0. The number of piperazine rings is 1. The number of aromatic nitrogens is 2. The lowest BCUT2D eigenvalue weighted by Gasteiger charge is -2.35. The molecule has 1 aromatic heterocycles. The second-order valence-electron chi connectivity index (χ2n) is 6.07. The molecule has 0 spiro atoms. The van der Waals surface area contributed by atoms with Gasteiger partial charge in [0.25, 0.3) is 5.91 Å². The lowest BCUT2D eigenvalue weighted by Crippen LogP contribution is -2.49. The second-order valence-corrected chi connectivity index (χ2v) is 6.07. The molecular formula is C18H17F3N4O3. The third-order valence-corrected chi connectivity index (χ3v) is 4.39. The number of anilines is 1. The number of carbonyl (C=O) groups excluding carboxylic acids is 2. The van der Waals surface area contributed by atoms with Gasteiger partial charge in [-0.05, 0) is 12.1 Å². The van der Waals surface area contributed by atoms with Crippen LogP contribution in [0, 0.1) is 0 Å². The summed E-state index contributed by atoms with van der Waals surface area (Å²) in [6, 6.07) is 4.77. The SMILES string of the molecule is COC(=O)c1cnc(N2CCN(C(=O)c3ccccc3C(F)(F)F)CC2)cn1. The van der Waals surface area contributed by atoms with E-state index in [1.807, 2.05) is 4.90 Å². The van der Waals surface area contributed by atoms with Crippen LogP contribution >= 0.6 is 0 Å². The Kier molecular flexibility index (Phi) is 5.48. The first-order valence-corrected chi connectivity index (χ1v) is 8.42. The number of nitrogens with zero attached hydrogens (tertiary/aromatic N) is 4. The predicted octanol–water partition coefficient (Wildman–Crippen LogP) is 2.24. The highest BCUT2D eigenvalue weighted by atomic mass is 19.4. The summed E-state index contributed by atoms with van der Waals surface area (Å²) in [5.41, 5.74) is -1.22. The van der Waals surface area contributed by atoms with E-state index in [-0.39, 0.29) is 24.3 Å². The van der Waals surface area contributed by atoms with Crippen LogP contribution in [-0.4, -0.2) is 60.0 Å². The molecule has 0 atom stereocenters. The first-order chi connectivity index (χ1) is 13.3. The summed E-state index contributed by atoms with van der Waals surface area (Å²) in [4.78, 5) is 35.3. The van der Waals surface area contributed by atoms with Gasteiger partial charge in [0.15, 0.2) is 5.69 Å². The highest BCUT2D eigenvalue weighted by Crippen LogP contribution is 2.32. The Labute approximate surface area is 158 Å². The van der Waals surface area contributed by atoms with Crippen LogP contribution in [-0.2, 0) is 10.9 Å². The number of hydrogen-bond acceptors (Lipinski definition) is 6. The van der Waals surface area contributed by atoms with Crippen molar-refractivity contribution in [3.05, 3.63) is 53.5 Å². The van der Waals surface area contributed by atoms with Gasteiger partial charge in [-0.15, -0.1) is 0 Å². The minimum absolute atomic E-state index is 0.0730. The number of esters is 1. The molecule has 0 bridgehead atoms. The second kappa shape index (κ2) is 7.83. The lowest BCUT2D eigenvalue weighted by molar-refractivity contribution is -0.138. The van der Waals surface area contributed by atoms with E-state index in [0.29, 0.717) is 18.9 Å². The Hall–Kier alpha value is -3.17. The van der Waals surface area contributed by atoms with Gasteiger partial charge < -0.3 is 14.5 Å². The fourth-order valence-corrected chi connectivity index (χ4v) is 2.92. The van der Waals surface area contributed by atoms with E-state index < -0.39 is 23.6 Å². The molecular weight excluding hydrogens is 377 g/mol. The molecule has 1 amide bonds. The molecule has 0 saturated carbocycles. The summed E-state index contributed by atoms with van der Waals surface area (Å²) in [6.45, 7) is 1.25. The molecule has 28 heavy (non-hydrogen) atoms. The Balaban J connectivity index is 1.67. The maximum Gasteiger partial charge on any atom is 0.417 e. The van der Waals surface area contributed by atoms with E-state index in [0.717, 1.165) is 6.07 Å². The average molecular weight is 394 g/mol. The van der Waals surface area contributed by atoms with Gasteiger partial charge >= 0.3 is 12.1 Å². The van der Waals surface area contributed by atoms with Crippen LogP contribution in [0.4, 0.5) is 19.0 Å². The van der Waals surface area contributed by atoms with Crippen molar-refractivity contribution in [2.45, 2.75) is 6.18 Å². The minimum Gasteiger partial charge on any atom is -0.464 e. The molecule has 7 nitrogen and oxygen atoms in total. The maximum absolute atomic E-state index is 13.1. The van der Waals surface area contributed by atoms with Crippen molar-refractivity contribution < 1.29 is 27.5 Å². The Morgan fingerprint density at radius 2 is 1.71 bits per heavy atom. The number of alkyl halides is 3. The van der Waals surface area contributed by atoms with Crippen LogP contribution in [0.25, 0.3) is 0 Å². The van der Waals surface area contributed by atoms with Crippen LogP contribution in [0.5, 0.6) is 0 Å². The van der Waals surface area contributed by atoms with Crippen LogP contribution in [0.3, 0.4) is 0 Å². The summed E-state index contributed by atoms with van der Waals surface area (Å²) in [5.74, 6) is -0.743. The van der Waals surface area contributed by atoms with Gasteiger partial charge in [0, 0.05) is 26.2 Å². The normalized spacial score (nSPS) is 14.7. The fraction of sp³-hybridized carbons (Fsp3) is 0.333. The average Bonchev–Trinajstić information content (AvgIpc) is 2.72. The lowest BCUT2D eigenvalue weighted by atomic mass is 10.1. The van der Waals surface area contributed by atoms with Gasteiger partial charge in [-0.2, -0.15) is 13.2 Å². The van der Waals surface area contributed by atoms with Crippen molar-refractivity contribution in [3.63, 3.8) is 0 Å². The van der Waals surface area contributed by atoms with Crippen LogP contribution < -0.4 is 4.90 Å². The molecule has 3 rings (SSSR count). The third kappa shape index (κ3) is 4.05. The van der Waals surface area contributed by atoms with Crippen molar-refractivity contribution in [2.24, 2.45) is 0 Å². The monoisotopic (exact) mass is 394 g/mol. The first-order valence-electron chi connectivity index (χ1n) is 8.42. The predicted molar refractivity (Wildman–Crippen MR) is 92.9 cm³/mol. The van der Waals surface area contributed by atoms with Gasteiger partial charge in [0.05, 0.1) is 30.6 Å². The van der Waals surface area contributed by atoms with E-state index in [9.17, 15) is 22.8 Å². The molecule has 0 radical (unpaired) electrons. The summed E-state index contributed by atoms with van der Waals surface area (Å²) in [6.07, 6.45) is -1.88. The molecule has 0 unspecified atom stereocenters. The maximum atomic E-state index is 13.1. The first kappa shape index (κ1) is 19.6. The number of amides is 1. The van der Waals surface area contributed by atoms with Gasteiger partial charge in [0.1, 0.15) is 5.82 Å². The molecule has 2 heterocycles. The Morgan fingerprint density at radius 3 is 2.29 bits per heavy atom. The highest BCUT2D eigenvalue weighted by Gasteiger charge is 2.36. The summed E-state index contributed by atoms with van der Waals surface area (Å²) >= 11 is 0. The van der Waals surface area contributed by atoms with Crippen molar-refractivity contribution >= 4 is 17.7 Å².